The van der Waals surface area contributed by atoms with Gasteiger partial charge in [-0.3, -0.25) is 4.79 Å². The summed E-state index contributed by atoms with van der Waals surface area (Å²) in [6.07, 6.45) is 0.403. The third-order valence-electron chi connectivity index (χ3n) is 4.06. The molecular formula is C17H26N2O2. The summed E-state index contributed by atoms with van der Waals surface area (Å²) in [5.74, 6) is 1.26. The molecule has 2 atom stereocenters. The molecule has 116 valence electrons. The fraction of sp³-hybridized carbons (Fsp3) is 0.588. The highest BCUT2D eigenvalue weighted by Crippen LogP contribution is 2.24. The lowest BCUT2D eigenvalue weighted by molar-refractivity contribution is -0.136. The predicted octanol–water partition coefficient (Wildman–Crippen LogP) is 2.45. The van der Waals surface area contributed by atoms with Crippen molar-refractivity contribution in [3.05, 3.63) is 29.3 Å². The van der Waals surface area contributed by atoms with E-state index in [1.165, 1.54) is 11.1 Å². The molecule has 21 heavy (non-hydrogen) atoms. The monoisotopic (exact) mass is 290 g/mol. The van der Waals surface area contributed by atoms with Gasteiger partial charge in [0.25, 0.3) is 5.91 Å². The van der Waals surface area contributed by atoms with Crippen LogP contribution in [0.2, 0.25) is 0 Å². The Morgan fingerprint density at radius 2 is 2.10 bits per heavy atom. The Kier molecular flexibility index (Phi) is 4.88. The zero-order chi connectivity index (χ0) is 15.6. The highest BCUT2D eigenvalue weighted by Gasteiger charge is 2.28. The maximum atomic E-state index is 12.3. The van der Waals surface area contributed by atoms with E-state index >= 15 is 0 Å². The Balaban J connectivity index is 2.01. The molecule has 0 aliphatic carbocycles. The first kappa shape index (κ1) is 15.8. The maximum Gasteiger partial charge on any atom is 0.263 e. The summed E-state index contributed by atoms with van der Waals surface area (Å²) in [6, 6.07) is 6.14. The van der Waals surface area contributed by atoms with Crippen molar-refractivity contribution in [2.45, 2.75) is 52.2 Å². The highest BCUT2D eigenvalue weighted by atomic mass is 16.5. The minimum atomic E-state index is -0.473. The Morgan fingerprint density at radius 1 is 1.38 bits per heavy atom. The first-order chi connectivity index (χ1) is 9.88. The molecule has 4 heteroatoms. The molecule has 1 aromatic rings. The van der Waals surface area contributed by atoms with Crippen LogP contribution in [0.3, 0.4) is 0 Å². The van der Waals surface area contributed by atoms with E-state index in [1.807, 2.05) is 12.1 Å². The summed E-state index contributed by atoms with van der Waals surface area (Å²) >= 11 is 0. The van der Waals surface area contributed by atoms with Gasteiger partial charge in [0.1, 0.15) is 5.75 Å². The number of carbonyl (C=O) groups excluding carboxylic acids is 1. The standard InChI is InChI=1S/C17H26N2O2/c1-11(2)16-6-5-15(9-12(16)3)21-13(4)17(20)19-8-7-14(18)10-19/h5-6,9,11,13-14H,7-8,10,18H2,1-4H3. The molecule has 1 aliphatic heterocycles. The number of nitrogens with zero attached hydrogens (tertiary/aromatic N) is 1. The zero-order valence-electron chi connectivity index (χ0n) is 13.4. The largest absolute Gasteiger partial charge is 0.481 e. The van der Waals surface area contributed by atoms with Gasteiger partial charge in [0.2, 0.25) is 0 Å². The average molecular weight is 290 g/mol. The van der Waals surface area contributed by atoms with E-state index in [4.69, 9.17) is 10.5 Å². The second-order valence-electron chi connectivity index (χ2n) is 6.27. The van der Waals surface area contributed by atoms with Crippen LogP contribution in [0.4, 0.5) is 0 Å². The summed E-state index contributed by atoms with van der Waals surface area (Å²) in [6.45, 7) is 9.60. The average Bonchev–Trinajstić information content (AvgIpc) is 2.84. The van der Waals surface area contributed by atoms with Crippen LogP contribution in [0.25, 0.3) is 0 Å². The van der Waals surface area contributed by atoms with E-state index in [-0.39, 0.29) is 11.9 Å². The molecule has 1 saturated heterocycles. The zero-order valence-corrected chi connectivity index (χ0v) is 13.4. The van der Waals surface area contributed by atoms with Crippen LogP contribution < -0.4 is 10.5 Å². The van der Waals surface area contributed by atoms with E-state index in [0.717, 1.165) is 18.7 Å². The third-order valence-corrected chi connectivity index (χ3v) is 4.06. The van der Waals surface area contributed by atoms with E-state index in [0.29, 0.717) is 12.5 Å². The minimum Gasteiger partial charge on any atom is -0.481 e. The topological polar surface area (TPSA) is 55.6 Å². The van der Waals surface area contributed by atoms with Crippen LogP contribution in [-0.2, 0) is 4.79 Å². The van der Waals surface area contributed by atoms with Gasteiger partial charge in [-0.15, -0.1) is 0 Å². The van der Waals surface area contributed by atoms with Crippen LogP contribution in [-0.4, -0.2) is 36.0 Å². The summed E-state index contributed by atoms with van der Waals surface area (Å²) in [4.78, 5) is 14.1. The quantitative estimate of drug-likeness (QED) is 0.926. The fourth-order valence-electron chi connectivity index (χ4n) is 2.87. The fourth-order valence-corrected chi connectivity index (χ4v) is 2.87. The van der Waals surface area contributed by atoms with Gasteiger partial charge in [-0.2, -0.15) is 0 Å². The Bertz CT molecular complexity index is 514. The van der Waals surface area contributed by atoms with E-state index in [2.05, 4.69) is 26.8 Å². The van der Waals surface area contributed by atoms with Gasteiger partial charge >= 0.3 is 0 Å². The molecule has 1 aliphatic rings. The van der Waals surface area contributed by atoms with Crippen LogP contribution in [0, 0.1) is 6.92 Å². The molecule has 0 radical (unpaired) electrons. The Hall–Kier alpha value is -1.55. The molecule has 0 spiro atoms. The lowest BCUT2D eigenvalue weighted by Crippen LogP contribution is -2.40. The number of ether oxygens (including phenoxy) is 1. The summed E-state index contributed by atoms with van der Waals surface area (Å²) in [5, 5.41) is 0. The number of rotatable bonds is 4. The molecule has 1 amide bonds. The number of amides is 1. The van der Waals surface area contributed by atoms with Crippen molar-refractivity contribution in [3.63, 3.8) is 0 Å². The summed E-state index contributed by atoms with van der Waals surface area (Å²) in [7, 11) is 0. The van der Waals surface area contributed by atoms with Crippen molar-refractivity contribution < 1.29 is 9.53 Å². The van der Waals surface area contributed by atoms with Gasteiger partial charge in [-0.1, -0.05) is 19.9 Å². The number of nitrogens with two attached hydrogens (primary N) is 1. The van der Waals surface area contributed by atoms with Crippen LogP contribution in [0.5, 0.6) is 5.75 Å². The van der Waals surface area contributed by atoms with Gasteiger partial charge in [-0.25, -0.2) is 0 Å². The van der Waals surface area contributed by atoms with E-state index in [9.17, 15) is 4.79 Å². The molecule has 4 nitrogen and oxygen atoms in total. The second kappa shape index (κ2) is 6.48. The summed E-state index contributed by atoms with van der Waals surface area (Å²) < 4.78 is 5.81. The predicted molar refractivity (Wildman–Crippen MR) is 84.5 cm³/mol. The van der Waals surface area contributed by atoms with Crippen LogP contribution in [0.1, 0.15) is 44.2 Å². The SMILES string of the molecule is Cc1cc(OC(C)C(=O)N2CCC(N)C2)ccc1C(C)C. The molecule has 1 aromatic carbocycles. The van der Waals surface area contributed by atoms with Gasteiger partial charge in [-0.05, 0) is 49.4 Å². The summed E-state index contributed by atoms with van der Waals surface area (Å²) in [5.41, 5.74) is 8.36. The molecule has 2 rings (SSSR count). The van der Waals surface area contributed by atoms with Crippen molar-refractivity contribution in [1.82, 2.24) is 4.90 Å². The van der Waals surface area contributed by atoms with Crippen molar-refractivity contribution in [2.24, 2.45) is 5.73 Å². The smallest absolute Gasteiger partial charge is 0.263 e. The lowest BCUT2D eigenvalue weighted by Gasteiger charge is -2.22. The van der Waals surface area contributed by atoms with E-state index < -0.39 is 6.10 Å². The maximum absolute atomic E-state index is 12.3. The molecule has 0 aromatic heterocycles. The lowest BCUT2D eigenvalue weighted by atomic mass is 9.98. The number of carbonyl (C=O) groups is 1. The van der Waals surface area contributed by atoms with Gasteiger partial charge in [0.05, 0.1) is 0 Å². The normalized spacial score (nSPS) is 19.9. The Morgan fingerprint density at radius 3 is 2.62 bits per heavy atom. The van der Waals surface area contributed by atoms with Crippen LogP contribution >= 0.6 is 0 Å². The minimum absolute atomic E-state index is 0.0218. The third kappa shape index (κ3) is 3.76. The number of aryl methyl sites for hydroxylation is 1. The highest BCUT2D eigenvalue weighted by molar-refractivity contribution is 5.81. The first-order valence-corrected chi connectivity index (χ1v) is 7.70. The molecule has 2 N–H and O–H groups in total. The van der Waals surface area contributed by atoms with Crippen molar-refractivity contribution in [3.8, 4) is 5.75 Å². The first-order valence-electron chi connectivity index (χ1n) is 7.70. The van der Waals surface area contributed by atoms with Crippen molar-refractivity contribution in [1.29, 1.82) is 0 Å². The van der Waals surface area contributed by atoms with Gasteiger partial charge < -0.3 is 15.4 Å². The number of hydrogen-bond donors (Lipinski definition) is 1. The van der Waals surface area contributed by atoms with Gasteiger partial charge in [0, 0.05) is 19.1 Å². The molecule has 1 fully saturated rings. The molecule has 1 heterocycles. The number of benzene rings is 1. The number of hydrogen-bond acceptors (Lipinski definition) is 3. The van der Waals surface area contributed by atoms with Crippen LogP contribution in [0.15, 0.2) is 18.2 Å². The van der Waals surface area contributed by atoms with E-state index in [1.54, 1.807) is 11.8 Å². The van der Waals surface area contributed by atoms with Gasteiger partial charge in [0.15, 0.2) is 6.10 Å². The molecule has 0 saturated carbocycles. The second-order valence-corrected chi connectivity index (χ2v) is 6.27. The molecule has 2 unspecified atom stereocenters. The molecular weight excluding hydrogens is 264 g/mol. The van der Waals surface area contributed by atoms with Crippen molar-refractivity contribution >= 4 is 5.91 Å². The Labute approximate surface area is 127 Å². The number of likely N-dealkylation sites (tertiary alicyclic amines) is 1. The molecule has 0 bridgehead atoms. The van der Waals surface area contributed by atoms with Crippen molar-refractivity contribution in [2.75, 3.05) is 13.1 Å².